The van der Waals surface area contributed by atoms with Gasteiger partial charge in [-0.3, -0.25) is 4.79 Å². The van der Waals surface area contributed by atoms with Gasteiger partial charge in [-0.25, -0.2) is 0 Å². The van der Waals surface area contributed by atoms with E-state index in [0.717, 1.165) is 19.6 Å². The molecule has 25 heavy (non-hydrogen) atoms. The summed E-state index contributed by atoms with van der Waals surface area (Å²) in [5.41, 5.74) is 3.03. The fourth-order valence-electron chi connectivity index (χ4n) is 5.59. The summed E-state index contributed by atoms with van der Waals surface area (Å²) in [4.78, 5) is 18.1. The zero-order chi connectivity index (χ0) is 17.3. The van der Waals surface area contributed by atoms with Crippen LogP contribution in [0.5, 0.6) is 0 Å². The van der Waals surface area contributed by atoms with Crippen LogP contribution in [0.4, 0.5) is 0 Å². The van der Waals surface area contributed by atoms with Gasteiger partial charge in [-0.2, -0.15) is 0 Å². The van der Waals surface area contributed by atoms with Gasteiger partial charge in [-0.05, 0) is 56.2 Å². The predicted molar refractivity (Wildman–Crippen MR) is 102 cm³/mol. The molecular formula is C22H32N2O. The van der Waals surface area contributed by atoms with Crippen molar-refractivity contribution in [3.05, 3.63) is 35.4 Å². The van der Waals surface area contributed by atoms with Gasteiger partial charge in [0.25, 0.3) is 0 Å². The second-order valence-electron chi connectivity index (χ2n) is 8.56. The summed E-state index contributed by atoms with van der Waals surface area (Å²) in [5, 5.41) is 0. The lowest BCUT2D eigenvalue weighted by atomic mass is 9.77. The third-order valence-corrected chi connectivity index (χ3v) is 6.84. The van der Waals surface area contributed by atoms with Crippen molar-refractivity contribution in [2.75, 3.05) is 26.7 Å². The second-order valence-corrected chi connectivity index (χ2v) is 8.56. The maximum absolute atomic E-state index is 13.4. The topological polar surface area (TPSA) is 23.6 Å². The van der Waals surface area contributed by atoms with Crippen LogP contribution in [0.25, 0.3) is 0 Å². The Morgan fingerprint density at radius 2 is 1.92 bits per heavy atom. The molecule has 0 aromatic heterocycles. The quantitative estimate of drug-likeness (QED) is 0.813. The van der Waals surface area contributed by atoms with Crippen molar-refractivity contribution in [2.24, 2.45) is 0 Å². The van der Waals surface area contributed by atoms with Crippen molar-refractivity contribution in [3.63, 3.8) is 0 Å². The van der Waals surface area contributed by atoms with E-state index in [1.54, 1.807) is 0 Å². The normalized spacial score (nSPS) is 26.4. The SMILES string of the molecule is CN1CCN(C(=O)C[C@@H]2CCCc3ccccc32)C2(CCCCC2)C1. The zero-order valence-corrected chi connectivity index (χ0v) is 15.7. The van der Waals surface area contributed by atoms with E-state index in [-0.39, 0.29) is 5.54 Å². The molecule has 4 rings (SSSR count). The Hall–Kier alpha value is -1.35. The molecule has 1 heterocycles. The Kier molecular flexibility index (Phi) is 4.86. The Bertz CT molecular complexity index is 620. The van der Waals surface area contributed by atoms with Crippen LogP contribution < -0.4 is 0 Å². The number of benzene rings is 1. The molecule has 1 spiro atoms. The van der Waals surface area contributed by atoms with Gasteiger partial charge in [0.15, 0.2) is 0 Å². The minimum Gasteiger partial charge on any atom is -0.334 e. The van der Waals surface area contributed by atoms with Crippen molar-refractivity contribution in [1.82, 2.24) is 9.80 Å². The zero-order valence-electron chi connectivity index (χ0n) is 15.7. The molecule has 136 valence electrons. The van der Waals surface area contributed by atoms with Crippen LogP contribution in [-0.2, 0) is 11.2 Å². The van der Waals surface area contributed by atoms with Gasteiger partial charge in [-0.1, -0.05) is 43.5 Å². The molecule has 0 radical (unpaired) electrons. The van der Waals surface area contributed by atoms with Crippen molar-refractivity contribution in [2.45, 2.75) is 69.2 Å². The molecule has 1 aromatic carbocycles. The van der Waals surface area contributed by atoms with E-state index < -0.39 is 0 Å². The highest BCUT2D eigenvalue weighted by Gasteiger charge is 2.44. The Balaban J connectivity index is 1.52. The standard InChI is InChI=1S/C22H32N2O/c1-23-14-15-24(22(17-23)12-5-2-6-13-22)21(25)16-19-10-7-9-18-8-3-4-11-20(18)19/h3-4,8,11,19H,2,5-7,9-10,12-17H2,1H3/t19-/m0/s1. The van der Waals surface area contributed by atoms with Gasteiger partial charge in [0.05, 0.1) is 5.54 Å². The summed E-state index contributed by atoms with van der Waals surface area (Å²) in [6, 6.07) is 8.79. The molecule has 0 bridgehead atoms. The third-order valence-electron chi connectivity index (χ3n) is 6.84. The molecule has 0 unspecified atom stereocenters. The van der Waals surface area contributed by atoms with Crippen LogP contribution in [0.1, 0.15) is 68.4 Å². The molecule has 2 aliphatic carbocycles. The maximum Gasteiger partial charge on any atom is 0.223 e. The molecule has 3 heteroatoms. The average Bonchev–Trinajstić information content (AvgIpc) is 2.62. The fourth-order valence-corrected chi connectivity index (χ4v) is 5.59. The first-order valence-corrected chi connectivity index (χ1v) is 10.2. The van der Waals surface area contributed by atoms with Crippen LogP contribution >= 0.6 is 0 Å². The van der Waals surface area contributed by atoms with Crippen LogP contribution in [0, 0.1) is 0 Å². The molecule has 1 aromatic rings. The number of rotatable bonds is 2. The highest BCUT2D eigenvalue weighted by atomic mass is 16.2. The summed E-state index contributed by atoms with van der Waals surface area (Å²) < 4.78 is 0. The molecule has 1 atom stereocenters. The fraction of sp³-hybridized carbons (Fsp3) is 0.682. The number of fused-ring (bicyclic) bond motifs is 1. The van der Waals surface area contributed by atoms with Gasteiger partial charge in [0.1, 0.15) is 0 Å². The average molecular weight is 341 g/mol. The number of aryl methyl sites for hydroxylation is 1. The van der Waals surface area contributed by atoms with Gasteiger partial charge in [-0.15, -0.1) is 0 Å². The van der Waals surface area contributed by atoms with Gasteiger partial charge in [0, 0.05) is 26.1 Å². The van der Waals surface area contributed by atoms with E-state index in [9.17, 15) is 4.79 Å². The number of amides is 1. The molecule has 2 fully saturated rings. The molecule has 3 nitrogen and oxygen atoms in total. The van der Waals surface area contributed by atoms with E-state index >= 15 is 0 Å². The number of carbonyl (C=O) groups excluding carboxylic acids is 1. The van der Waals surface area contributed by atoms with E-state index in [1.807, 2.05) is 0 Å². The number of carbonyl (C=O) groups is 1. The first kappa shape index (κ1) is 17.1. The summed E-state index contributed by atoms with van der Waals surface area (Å²) in [7, 11) is 2.22. The lowest BCUT2D eigenvalue weighted by Crippen LogP contribution is -2.64. The van der Waals surface area contributed by atoms with Gasteiger partial charge >= 0.3 is 0 Å². The number of nitrogens with zero attached hydrogens (tertiary/aromatic N) is 2. The van der Waals surface area contributed by atoms with E-state index in [2.05, 4.69) is 41.1 Å². The monoisotopic (exact) mass is 340 g/mol. The number of hydrogen-bond donors (Lipinski definition) is 0. The van der Waals surface area contributed by atoms with Crippen molar-refractivity contribution >= 4 is 5.91 Å². The Labute approximate surface area is 152 Å². The van der Waals surface area contributed by atoms with Gasteiger partial charge < -0.3 is 9.80 Å². The Morgan fingerprint density at radius 1 is 1.12 bits per heavy atom. The second kappa shape index (κ2) is 7.11. The third kappa shape index (κ3) is 3.36. The van der Waals surface area contributed by atoms with Crippen LogP contribution in [0.3, 0.4) is 0 Å². The lowest BCUT2D eigenvalue weighted by Gasteiger charge is -2.52. The van der Waals surface area contributed by atoms with E-state index in [4.69, 9.17) is 0 Å². The van der Waals surface area contributed by atoms with Crippen LogP contribution in [0.15, 0.2) is 24.3 Å². The van der Waals surface area contributed by atoms with Crippen molar-refractivity contribution < 1.29 is 4.79 Å². The van der Waals surface area contributed by atoms with E-state index in [0.29, 0.717) is 18.2 Å². The molecule has 1 saturated carbocycles. The highest BCUT2D eigenvalue weighted by molar-refractivity contribution is 5.78. The summed E-state index contributed by atoms with van der Waals surface area (Å²) >= 11 is 0. The Morgan fingerprint density at radius 3 is 2.76 bits per heavy atom. The first-order chi connectivity index (χ1) is 12.2. The molecule has 1 aliphatic heterocycles. The smallest absolute Gasteiger partial charge is 0.223 e. The molecule has 1 saturated heterocycles. The number of piperazine rings is 1. The maximum atomic E-state index is 13.4. The molecule has 3 aliphatic rings. The largest absolute Gasteiger partial charge is 0.334 e. The first-order valence-electron chi connectivity index (χ1n) is 10.2. The number of likely N-dealkylation sites (N-methyl/N-ethyl adjacent to an activating group) is 1. The van der Waals surface area contributed by atoms with E-state index in [1.165, 1.54) is 62.5 Å². The summed E-state index contributed by atoms with van der Waals surface area (Å²) in [6.07, 6.45) is 10.6. The number of hydrogen-bond acceptors (Lipinski definition) is 2. The lowest BCUT2D eigenvalue weighted by molar-refractivity contribution is -0.144. The van der Waals surface area contributed by atoms with Crippen molar-refractivity contribution in [1.29, 1.82) is 0 Å². The molecule has 1 amide bonds. The van der Waals surface area contributed by atoms with Gasteiger partial charge in [0.2, 0.25) is 5.91 Å². The minimum atomic E-state index is 0.122. The molecular weight excluding hydrogens is 308 g/mol. The summed E-state index contributed by atoms with van der Waals surface area (Å²) in [5.74, 6) is 0.842. The van der Waals surface area contributed by atoms with Crippen LogP contribution in [-0.4, -0.2) is 47.9 Å². The minimum absolute atomic E-state index is 0.122. The highest BCUT2D eigenvalue weighted by Crippen LogP contribution is 2.39. The summed E-state index contributed by atoms with van der Waals surface area (Å²) in [6.45, 7) is 3.01. The van der Waals surface area contributed by atoms with Crippen molar-refractivity contribution in [3.8, 4) is 0 Å². The predicted octanol–water partition coefficient (Wildman–Crippen LogP) is 3.97. The van der Waals surface area contributed by atoms with Crippen LogP contribution in [0.2, 0.25) is 0 Å². The molecule has 0 N–H and O–H groups in total.